The maximum Gasteiger partial charge on any atom is 0.162 e. The van der Waals surface area contributed by atoms with E-state index >= 15 is 0 Å². The average molecular weight is 237 g/mol. The first kappa shape index (κ1) is 12.2. The maximum absolute atomic E-state index is 9.88. The Bertz CT molecular complexity index is 362. The SMILES string of the molecule is COc1cccc(CNC[C@H]2CCCO2)c1O. The first-order valence-corrected chi connectivity index (χ1v) is 5.98. The molecule has 1 fully saturated rings. The topological polar surface area (TPSA) is 50.7 Å². The van der Waals surface area contributed by atoms with Gasteiger partial charge in [0.1, 0.15) is 0 Å². The second kappa shape index (κ2) is 5.89. The molecular weight excluding hydrogens is 218 g/mol. The smallest absolute Gasteiger partial charge is 0.162 e. The first-order valence-electron chi connectivity index (χ1n) is 5.98. The van der Waals surface area contributed by atoms with Crippen LogP contribution in [-0.2, 0) is 11.3 Å². The maximum atomic E-state index is 9.88. The largest absolute Gasteiger partial charge is 0.504 e. The van der Waals surface area contributed by atoms with E-state index in [0.717, 1.165) is 31.6 Å². The molecule has 0 aromatic heterocycles. The van der Waals surface area contributed by atoms with E-state index in [9.17, 15) is 5.11 Å². The lowest BCUT2D eigenvalue weighted by molar-refractivity contribution is 0.110. The van der Waals surface area contributed by atoms with Crippen molar-refractivity contribution >= 4 is 0 Å². The Morgan fingerprint density at radius 1 is 1.53 bits per heavy atom. The molecule has 0 amide bonds. The van der Waals surface area contributed by atoms with E-state index in [1.165, 1.54) is 0 Å². The van der Waals surface area contributed by atoms with Gasteiger partial charge in [-0.25, -0.2) is 0 Å². The molecule has 0 unspecified atom stereocenters. The minimum absolute atomic E-state index is 0.217. The number of para-hydroxylation sites is 1. The van der Waals surface area contributed by atoms with Gasteiger partial charge in [0, 0.05) is 25.3 Å². The molecule has 1 saturated heterocycles. The zero-order chi connectivity index (χ0) is 12.1. The second-order valence-corrected chi connectivity index (χ2v) is 4.23. The number of hydrogen-bond acceptors (Lipinski definition) is 4. The summed E-state index contributed by atoms with van der Waals surface area (Å²) in [5.74, 6) is 0.733. The Morgan fingerprint density at radius 3 is 3.12 bits per heavy atom. The average Bonchev–Trinajstić information content (AvgIpc) is 2.84. The molecule has 4 heteroatoms. The molecule has 0 saturated carbocycles. The molecule has 17 heavy (non-hydrogen) atoms. The molecule has 1 aliphatic rings. The van der Waals surface area contributed by atoms with Crippen molar-refractivity contribution in [1.29, 1.82) is 0 Å². The highest BCUT2D eigenvalue weighted by Crippen LogP contribution is 2.29. The lowest BCUT2D eigenvalue weighted by Gasteiger charge is -2.12. The molecule has 0 aliphatic carbocycles. The molecule has 1 heterocycles. The number of hydrogen-bond donors (Lipinski definition) is 2. The Labute approximate surface area is 102 Å². The van der Waals surface area contributed by atoms with Crippen LogP contribution < -0.4 is 10.1 Å². The van der Waals surface area contributed by atoms with Crippen LogP contribution in [0.15, 0.2) is 18.2 Å². The molecule has 1 aliphatic heterocycles. The molecule has 1 atom stereocenters. The van der Waals surface area contributed by atoms with Gasteiger partial charge in [-0.3, -0.25) is 0 Å². The fourth-order valence-corrected chi connectivity index (χ4v) is 2.05. The molecule has 0 spiro atoms. The lowest BCUT2D eigenvalue weighted by atomic mass is 10.1. The Kier molecular flexibility index (Phi) is 4.23. The molecule has 0 radical (unpaired) electrons. The number of benzene rings is 1. The van der Waals surface area contributed by atoms with E-state index in [1.807, 2.05) is 12.1 Å². The Hall–Kier alpha value is -1.26. The van der Waals surface area contributed by atoms with E-state index in [4.69, 9.17) is 9.47 Å². The minimum atomic E-state index is 0.217. The summed E-state index contributed by atoms with van der Waals surface area (Å²) >= 11 is 0. The highest BCUT2D eigenvalue weighted by Gasteiger charge is 2.15. The van der Waals surface area contributed by atoms with Crippen molar-refractivity contribution in [3.8, 4) is 11.5 Å². The minimum Gasteiger partial charge on any atom is -0.504 e. The van der Waals surface area contributed by atoms with Crippen LogP contribution in [0.3, 0.4) is 0 Å². The highest BCUT2D eigenvalue weighted by atomic mass is 16.5. The number of phenols is 1. The van der Waals surface area contributed by atoms with Crippen LogP contribution in [0.1, 0.15) is 18.4 Å². The number of rotatable bonds is 5. The zero-order valence-corrected chi connectivity index (χ0v) is 10.1. The standard InChI is InChI=1S/C13H19NO3/c1-16-12-6-2-4-10(13(12)15)8-14-9-11-5-3-7-17-11/h2,4,6,11,14-15H,3,5,7-9H2,1H3/t11-/m1/s1. The van der Waals surface area contributed by atoms with Crippen molar-refractivity contribution < 1.29 is 14.6 Å². The van der Waals surface area contributed by atoms with E-state index in [0.29, 0.717) is 18.4 Å². The van der Waals surface area contributed by atoms with Gasteiger partial charge in [-0.2, -0.15) is 0 Å². The number of methoxy groups -OCH3 is 1. The molecule has 94 valence electrons. The van der Waals surface area contributed by atoms with Gasteiger partial charge < -0.3 is 19.9 Å². The van der Waals surface area contributed by atoms with Crippen LogP contribution in [0, 0.1) is 0 Å². The van der Waals surface area contributed by atoms with E-state index in [-0.39, 0.29) is 5.75 Å². The van der Waals surface area contributed by atoms with Crippen molar-refractivity contribution in [2.45, 2.75) is 25.5 Å². The third-order valence-electron chi connectivity index (χ3n) is 3.01. The molecule has 0 bridgehead atoms. The predicted molar refractivity (Wildman–Crippen MR) is 65.3 cm³/mol. The van der Waals surface area contributed by atoms with Gasteiger partial charge in [-0.1, -0.05) is 12.1 Å². The third kappa shape index (κ3) is 3.11. The summed E-state index contributed by atoms with van der Waals surface area (Å²) in [7, 11) is 1.55. The first-order chi connectivity index (χ1) is 8.31. The molecule has 1 aromatic rings. The third-order valence-corrected chi connectivity index (χ3v) is 3.01. The summed E-state index contributed by atoms with van der Waals surface area (Å²) in [5, 5.41) is 13.2. The summed E-state index contributed by atoms with van der Waals surface area (Å²) in [5.41, 5.74) is 0.849. The van der Waals surface area contributed by atoms with Crippen LogP contribution >= 0.6 is 0 Å². The van der Waals surface area contributed by atoms with Crippen LogP contribution in [-0.4, -0.2) is 31.5 Å². The summed E-state index contributed by atoms with van der Waals surface area (Å²) in [6.07, 6.45) is 2.59. The quantitative estimate of drug-likeness (QED) is 0.818. The predicted octanol–water partition coefficient (Wildman–Crippen LogP) is 1.67. The van der Waals surface area contributed by atoms with E-state index < -0.39 is 0 Å². The van der Waals surface area contributed by atoms with Gasteiger partial charge in [-0.05, 0) is 18.9 Å². The van der Waals surface area contributed by atoms with Gasteiger partial charge in [-0.15, -0.1) is 0 Å². The summed E-state index contributed by atoms with van der Waals surface area (Å²) in [6.45, 7) is 2.33. The normalized spacial score (nSPS) is 19.5. The summed E-state index contributed by atoms with van der Waals surface area (Å²) in [4.78, 5) is 0. The van der Waals surface area contributed by atoms with Crippen molar-refractivity contribution in [2.75, 3.05) is 20.3 Å². The molecular formula is C13H19NO3. The van der Waals surface area contributed by atoms with Crippen molar-refractivity contribution in [3.05, 3.63) is 23.8 Å². The van der Waals surface area contributed by atoms with E-state index in [1.54, 1.807) is 13.2 Å². The second-order valence-electron chi connectivity index (χ2n) is 4.23. The Balaban J connectivity index is 1.85. The van der Waals surface area contributed by atoms with Gasteiger partial charge >= 0.3 is 0 Å². The molecule has 1 aromatic carbocycles. The fourth-order valence-electron chi connectivity index (χ4n) is 2.05. The molecule has 2 rings (SSSR count). The monoisotopic (exact) mass is 237 g/mol. The summed E-state index contributed by atoms with van der Waals surface area (Å²) < 4.78 is 10.6. The summed E-state index contributed by atoms with van der Waals surface area (Å²) in [6, 6.07) is 5.51. The van der Waals surface area contributed by atoms with Gasteiger partial charge in [0.25, 0.3) is 0 Å². The van der Waals surface area contributed by atoms with Crippen LogP contribution in [0.25, 0.3) is 0 Å². The number of aromatic hydroxyl groups is 1. The molecule has 4 nitrogen and oxygen atoms in total. The van der Waals surface area contributed by atoms with Crippen LogP contribution in [0.2, 0.25) is 0 Å². The van der Waals surface area contributed by atoms with Gasteiger partial charge in [0.05, 0.1) is 13.2 Å². The van der Waals surface area contributed by atoms with Crippen molar-refractivity contribution in [3.63, 3.8) is 0 Å². The number of ether oxygens (including phenoxy) is 2. The Morgan fingerprint density at radius 2 is 2.41 bits per heavy atom. The van der Waals surface area contributed by atoms with Gasteiger partial charge in [0.2, 0.25) is 0 Å². The van der Waals surface area contributed by atoms with Crippen LogP contribution in [0.4, 0.5) is 0 Å². The van der Waals surface area contributed by atoms with Crippen molar-refractivity contribution in [1.82, 2.24) is 5.32 Å². The van der Waals surface area contributed by atoms with E-state index in [2.05, 4.69) is 5.32 Å². The number of phenolic OH excluding ortho intramolecular Hbond substituents is 1. The lowest BCUT2D eigenvalue weighted by Crippen LogP contribution is -2.25. The van der Waals surface area contributed by atoms with Gasteiger partial charge in [0.15, 0.2) is 11.5 Å². The van der Waals surface area contributed by atoms with Crippen molar-refractivity contribution in [2.24, 2.45) is 0 Å². The highest BCUT2D eigenvalue weighted by molar-refractivity contribution is 5.45. The zero-order valence-electron chi connectivity index (χ0n) is 10.1. The fraction of sp³-hybridized carbons (Fsp3) is 0.538. The molecule has 2 N–H and O–H groups in total. The number of nitrogens with one attached hydrogen (secondary N) is 1. The van der Waals surface area contributed by atoms with Crippen LogP contribution in [0.5, 0.6) is 11.5 Å².